The van der Waals surface area contributed by atoms with E-state index >= 15 is 0 Å². The van der Waals surface area contributed by atoms with Gasteiger partial charge >= 0.3 is 0 Å². The number of hydrogen-bond donors (Lipinski definition) is 0. The maximum atomic E-state index is 10.1. The standard InChI is InChI=1S/C8H9N2O2/c1-6-4-3-5-7(2)8(6)9-10(11)12/h3-5H,1-2H3/q-1. The Morgan fingerprint density at radius 2 is 1.83 bits per heavy atom. The lowest BCUT2D eigenvalue weighted by molar-refractivity contribution is -0.418. The molecule has 0 bridgehead atoms. The number of hydrogen-bond acceptors (Lipinski definition) is 2. The highest BCUT2D eigenvalue weighted by atomic mass is 16.7. The summed E-state index contributed by atoms with van der Waals surface area (Å²) in [5.74, 6) is 0. The van der Waals surface area contributed by atoms with Gasteiger partial charge in [-0.25, -0.2) is 0 Å². The zero-order valence-corrected chi connectivity index (χ0v) is 6.94. The molecule has 1 aromatic rings. The lowest BCUT2D eigenvalue weighted by atomic mass is 10.1. The first kappa shape index (κ1) is 8.52. The van der Waals surface area contributed by atoms with E-state index in [0.717, 1.165) is 11.1 Å². The van der Waals surface area contributed by atoms with Crippen LogP contribution >= 0.6 is 0 Å². The summed E-state index contributed by atoms with van der Waals surface area (Å²) in [6.07, 6.45) is 0. The third kappa shape index (κ3) is 1.72. The summed E-state index contributed by atoms with van der Waals surface area (Å²) in [5, 5.41) is 9.44. The van der Waals surface area contributed by atoms with Crippen molar-refractivity contribution in [2.24, 2.45) is 0 Å². The Morgan fingerprint density at radius 3 is 2.25 bits per heavy atom. The first-order chi connectivity index (χ1) is 5.61. The molecule has 0 fully saturated rings. The van der Waals surface area contributed by atoms with E-state index in [2.05, 4.69) is 5.43 Å². The molecule has 4 heteroatoms. The van der Waals surface area contributed by atoms with E-state index in [1.54, 1.807) is 26.0 Å². The van der Waals surface area contributed by atoms with Crippen LogP contribution in [0.2, 0.25) is 0 Å². The lowest BCUT2D eigenvalue weighted by Crippen LogP contribution is -1.90. The molecule has 0 aliphatic heterocycles. The first-order valence-electron chi connectivity index (χ1n) is 3.53. The van der Waals surface area contributed by atoms with Crippen LogP contribution in [-0.4, -0.2) is 5.03 Å². The number of benzene rings is 1. The molecular weight excluding hydrogens is 156 g/mol. The quantitative estimate of drug-likeness (QED) is 0.499. The van der Waals surface area contributed by atoms with Crippen molar-refractivity contribution in [1.29, 1.82) is 0 Å². The number of aryl methyl sites for hydroxylation is 2. The van der Waals surface area contributed by atoms with Crippen LogP contribution in [0, 0.1) is 24.0 Å². The van der Waals surface area contributed by atoms with Gasteiger partial charge in [-0.1, -0.05) is 35.0 Å². The second-order valence-corrected chi connectivity index (χ2v) is 2.58. The Morgan fingerprint density at radius 1 is 1.33 bits per heavy atom. The van der Waals surface area contributed by atoms with Crippen molar-refractivity contribution in [2.75, 3.05) is 0 Å². The second kappa shape index (κ2) is 3.21. The average molecular weight is 165 g/mol. The maximum absolute atomic E-state index is 10.1. The molecule has 1 aromatic carbocycles. The zero-order valence-electron chi connectivity index (χ0n) is 6.94. The maximum Gasteiger partial charge on any atom is -0.00887 e. The molecule has 0 amide bonds. The Balaban J connectivity index is 3.04. The molecule has 0 atom stereocenters. The van der Waals surface area contributed by atoms with Crippen molar-refractivity contribution >= 4 is 5.69 Å². The van der Waals surface area contributed by atoms with Crippen molar-refractivity contribution in [3.05, 3.63) is 44.9 Å². The predicted molar refractivity (Wildman–Crippen MR) is 45.9 cm³/mol. The van der Waals surface area contributed by atoms with Gasteiger partial charge in [0.2, 0.25) is 0 Å². The van der Waals surface area contributed by atoms with Crippen LogP contribution in [0.15, 0.2) is 18.2 Å². The van der Waals surface area contributed by atoms with E-state index in [1.165, 1.54) is 0 Å². The highest BCUT2D eigenvalue weighted by Crippen LogP contribution is 2.26. The highest BCUT2D eigenvalue weighted by Gasteiger charge is 1.94. The van der Waals surface area contributed by atoms with E-state index < -0.39 is 5.03 Å². The van der Waals surface area contributed by atoms with Gasteiger partial charge < -0.3 is 5.43 Å². The SMILES string of the molecule is Cc1cccc(C)c1[N-][N+](=O)[O-]. The van der Waals surface area contributed by atoms with Gasteiger partial charge in [-0.2, -0.15) is 0 Å². The molecule has 64 valence electrons. The largest absolute Gasteiger partial charge is 0.348 e. The van der Waals surface area contributed by atoms with Gasteiger partial charge in [0.1, 0.15) is 0 Å². The summed E-state index contributed by atoms with van der Waals surface area (Å²) >= 11 is 0. The van der Waals surface area contributed by atoms with E-state index in [9.17, 15) is 10.1 Å². The fraction of sp³-hybridized carbons (Fsp3) is 0.250. The van der Waals surface area contributed by atoms with Gasteiger partial charge in [0.15, 0.2) is 0 Å². The third-order valence-corrected chi connectivity index (χ3v) is 1.62. The Kier molecular flexibility index (Phi) is 2.28. The molecule has 0 aromatic heterocycles. The van der Waals surface area contributed by atoms with Crippen LogP contribution < -0.4 is 0 Å². The van der Waals surface area contributed by atoms with Gasteiger partial charge in [0, 0.05) is 0 Å². The molecule has 4 nitrogen and oxygen atoms in total. The molecule has 0 saturated heterocycles. The summed E-state index contributed by atoms with van der Waals surface area (Å²) in [7, 11) is 0. The summed E-state index contributed by atoms with van der Waals surface area (Å²) in [4.78, 5) is 10.1. The van der Waals surface area contributed by atoms with Gasteiger partial charge in [0.05, 0.1) is 0 Å². The van der Waals surface area contributed by atoms with Crippen LogP contribution in [0.3, 0.4) is 0 Å². The smallest absolute Gasteiger partial charge is 0.00887 e. The fourth-order valence-electron chi connectivity index (χ4n) is 1.05. The summed E-state index contributed by atoms with van der Waals surface area (Å²) < 4.78 is 0. The topological polar surface area (TPSA) is 57.2 Å². The molecule has 1 rings (SSSR count). The number of nitro groups is 1. The molecule has 12 heavy (non-hydrogen) atoms. The average Bonchev–Trinajstić information content (AvgIpc) is 1.97. The minimum absolute atomic E-state index is 0.461. The Labute approximate surface area is 70.3 Å². The minimum atomic E-state index is -0.671. The first-order valence-corrected chi connectivity index (χ1v) is 3.53. The zero-order chi connectivity index (χ0) is 9.14. The summed E-state index contributed by atoms with van der Waals surface area (Å²) in [6, 6.07) is 5.45. The molecule has 0 unspecified atom stereocenters. The molecule has 0 spiro atoms. The molecule has 0 radical (unpaired) electrons. The van der Waals surface area contributed by atoms with Gasteiger partial charge in [-0.15, -0.1) is 0 Å². The molecule has 0 N–H and O–H groups in total. The highest BCUT2D eigenvalue weighted by molar-refractivity contribution is 5.58. The van der Waals surface area contributed by atoms with Crippen molar-refractivity contribution in [1.82, 2.24) is 0 Å². The van der Waals surface area contributed by atoms with E-state index in [-0.39, 0.29) is 0 Å². The lowest BCUT2D eigenvalue weighted by Gasteiger charge is -2.15. The van der Waals surface area contributed by atoms with Crippen LogP contribution in [0.5, 0.6) is 0 Å². The Hall–Kier alpha value is -1.58. The van der Waals surface area contributed by atoms with Crippen LogP contribution in [-0.2, 0) is 0 Å². The van der Waals surface area contributed by atoms with Gasteiger partial charge in [-0.3, -0.25) is 10.1 Å². The van der Waals surface area contributed by atoms with Gasteiger partial charge in [-0.05, 0) is 18.9 Å². The predicted octanol–water partition coefficient (Wildman–Crippen LogP) is 2.50. The van der Waals surface area contributed by atoms with Crippen LogP contribution in [0.4, 0.5) is 5.69 Å². The van der Waals surface area contributed by atoms with Crippen molar-refractivity contribution < 1.29 is 5.03 Å². The second-order valence-electron chi connectivity index (χ2n) is 2.58. The minimum Gasteiger partial charge on any atom is -0.348 e. The monoisotopic (exact) mass is 165 g/mol. The van der Waals surface area contributed by atoms with Crippen molar-refractivity contribution in [3.8, 4) is 0 Å². The number of nitrogens with zero attached hydrogens (tertiary/aromatic N) is 2. The summed E-state index contributed by atoms with van der Waals surface area (Å²) in [6.45, 7) is 3.60. The third-order valence-electron chi connectivity index (χ3n) is 1.62. The van der Waals surface area contributed by atoms with Crippen LogP contribution in [0.25, 0.3) is 5.43 Å². The normalized spacial score (nSPS) is 9.50. The molecule has 0 aliphatic carbocycles. The van der Waals surface area contributed by atoms with E-state index in [4.69, 9.17) is 0 Å². The molecular formula is C8H9N2O2-. The molecule has 0 heterocycles. The summed E-state index contributed by atoms with van der Waals surface area (Å²) in [5.41, 5.74) is 5.39. The van der Waals surface area contributed by atoms with E-state index in [1.807, 2.05) is 6.07 Å². The van der Waals surface area contributed by atoms with Gasteiger partial charge in [0.25, 0.3) is 0 Å². The van der Waals surface area contributed by atoms with Crippen molar-refractivity contribution in [2.45, 2.75) is 13.8 Å². The molecule has 0 aliphatic rings. The van der Waals surface area contributed by atoms with Crippen LogP contribution in [0.1, 0.15) is 11.1 Å². The Bertz CT molecular complexity index is 290. The van der Waals surface area contributed by atoms with Crippen molar-refractivity contribution in [3.63, 3.8) is 0 Å². The number of rotatable bonds is 2. The molecule has 0 saturated carbocycles. The fourth-order valence-corrected chi connectivity index (χ4v) is 1.05. The van der Waals surface area contributed by atoms with E-state index in [0.29, 0.717) is 5.69 Å².